The number of fused-ring (bicyclic) bond motifs is 1. The molecule has 3 nitrogen and oxygen atoms in total. The van der Waals surface area contributed by atoms with Gasteiger partial charge < -0.3 is 4.98 Å². The molecule has 6 heteroatoms. The molecule has 0 fully saturated rings. The molecule has 86 valence electrons. The van der Waals surface area contributed by atoms with Crippen LogP contribution in [0.15, 0.2) is 18.3 Å². The van der Waals surface area contributed by atoms with Crippen molar-refractivity contribution in [2.45, 2.75) is 6.18 Å². The van der Waals surface area contributed by atoms with Gasteiger partial charge in [-0.15, -0.1) is 0 Å². The highest BCUT2D eigenvalue weighted by atomic mass is 19.4. The monoisotopic (exact) mass is 238 g/mol. The first-order valence-corrected chi connectivity index (χ1v) is 4.55. The van der Waals surface area contributed by atoms with E-state index in [0.29, 0.717) is 11.7 Å². The molecule has 0 aliphatic carbocycles. The molecule has 0 bridgehead atoms. The number of aromatic amines is 1. The molecule has 1 aromatic carbocycles. The lowest BCUT2D eigenvalue weighted by molar-refractivity contribution is -0.137. The van der Waals surface area contributed by atoms with E-state index in [2.05, 4.69) is 4.98 Å². The Hall–Kier alpha value is -2.29. The molecule has 17 heavy (non-hydrogen) atoms. The molecule has 2 aromatic rings. The average molecular weight is 238 g/mol. The summed E-state index contributed by atoms with van der Waals surface area (Å²) in [5.74, 6) is 0. The topological polar surface area (TPSA) is 56.6 Å². The SMILES string of the molecule is N#Cc1cc2c(C=O)c[nH]c2cc1C(F)(F)F. The molecule has 0 aliphatic heterocycles. The number of alkyl halides is 3. The lowest BCUT2D eigenvalue weighted by Crippen LogP contribution is -2.07. The molecule has 1 aromatic heterocycles. The van der Waals surface area contributed by atoms with Crippen LogP contribution in [0.4, 0.5) is 13.2 Å². The van der Waals surface area contributed by atoms with Crippen molar-refractivity contribution in [2.75, 3.05) is 0 Å². The number of hydrogen-bond acceptors (Lipinski definition) is 2. The highest BCUT2D eigenvalue weighted by molar-refractivity contribution is 5.98. The van der Waals surface area contributed by atoms with Crippen molar-refractivity contribution >= 4 is 17.2 Å². The van der Waals surface area contributed by atoms with E-state index >= 15 is 0 Å². The third-order valence-electron chi connectivity index (χ3n) is 2.40. The smallest absolute Gasteiger partial charge is 0.360 e. The molecule has 0 saturated heterocycles. The van der Waals surface area contributed by atoms with E-state index in [4.69, 9.17) is 5.26 Å². The molecule has 0 saturated carbocycles. The van der Waals surface area contributed by atoms with Gasteiger partial charge in [-0.3, -0.25) is 4.79 Å². The van der Waals surface area contributed by atoms with Gasteiger partial charge in [-0.1, -0.05) is 0 Å². The molecule has 0 unspecified atom stereocenters. The average Bonchev–Trinajstić information content (AvgIpc) is 2.68. The number of hydrogen-bond donors (Lipinski definition) is 1. The summed E-state index contributed by atoms with van der Waals surface area (Å²) in [6, 6.07) is 3.39. The van der Waals surface area contributed by atoms with Crippen LogP contribution < -0.4 is 0 Å². The number of benzene rings is 1. The Labute approximate surface area is 93.5 Å². The van der Waals surface area contributed by atoms with Crippen LogP contribution in [0.3, 0.4) is 0 Å². The quantitative estimate of drug-likeness (QED) is 0.776. The van der Waals surface area contributed by atoms with Gasteiger partial charge in [0.15, 0.2) is 6.29 Å². The zero-order chi connectivity index (χ0) is 12.6. The van der Waals surface area contributed by atoms with Gasteiger partial charge in [0.25, 0.3) is 0 Å². The minimum atomic E-state index is -4.59. The van der Waals surface area contributed by atoms with Crippen molar-refractivity contribution in [2.24, 2.45) is 0 Å². The van der Waals surface area contributed by atoms with Crippen LogP contribution in [-0.2, 0) is 6.18 Å². The molecule has 1 heterocycles. The van der Waals surface area contributed by atoms with Crippen LogP contribution in [0.1, 0.15) is 21.5 Å². The largest absolute Gasteiger partial charge is 0.417 e. The number of rotatable bonds is 1. The van der Waals surface area contributed by atoms with Crippen molar-refractivity contribution in [1.29, 1.82) is 5.26 Å². The van der Waals surface area contributed by atoms with E-state index in [0.717, 1.165) is 12.1 Å². The summed E-state index contributed by atoms with van der Waals surface area (Å²) >= 11 is 0. The number of nitrogens with one attached hydrogen (secondary N) is 1. The number of aromatic nitrogens is 1. The molecular weight excluding hydrogens is 233 g/mol. The summed E-state index contributed by atoms with van der Waals surface area (Å²) in [7, 11) is 0. The number of H-pyrrole nitrogens is 1. The minimum absolute atomic E-state index is 0.179. The van der Waals surface area contributed by atoms with Gasteiger partial charge >= 0.3 is 6.18 Å². The molecule has 2 rings (SSSR count). The Kier molecular flexibility index (Phi) is 2.39. The lowest BCUT2D eigenvalue weighted by Gasteiger charge is -2.08. The fourth-order valence-electron chi connectivity index (χ4n) is 1.62. The van der Waals surface area contributed by atoms with E-state index in [1.54, 1.807) is 0 Å². The predicted octanol–water partition coefficient (Wildman–Crippen LogP) is 2.87. The minimum Gasteiger partial charge on any atom is -0.360 e. The summed E-state index contributed by atoms with van der Waals surface area (Å²) in [5.41, 5.74) is -1.09. The van der Waals surface area contributed by atoms with E-state index in [1.807, 2.05) is 0 Å². The Balaban J connectivity index is 2.81. The first-order valence-electron chi connectivity index (χ1n) is 4.55. The molecule has 0 radical (unpaired) electrons. The summed E-state index contributed by atoms with van der Waals surface area (Å²) in [6.07, 6.45) is -2.77. The van der Waals surface area contributed by atoms with Gasteiger partial charge in [0, 0.05) is 22.7 Å². The molecule has 0 amide bonds. The van der Waals surface area contributed by atoms with E-state index < -0.39 is 17.3 Å². The van der Waals surface area contributed by atoms with E-state index in [-0.39, 0.29) is 11.1 Å². The lowest BCUT2D eigenvalue weighted by atomic mass is 10.0. The third kappa shape index (κ3) is 1.76. The van der Waals surface area contributed by atoms with Gasteiger partial charge in [0.05, 0.1) is 17.2 Å². The zero-order valence-electron chi connectivity index (χ0n) is 8.30. The highest BCUT2D eigenvalue weighted by Crippen LogP contribution is 2.34. The number of nitriles is 1. The third-order valence-corrected chi connectivity index (χ3v) is 2.40. The second-order valence-electron chi connectivity index (χ2n) is 3.41. The Morgan fingerprint density at radius 1 is 1.35 bits per heavy atom. The van der Waals surface area contributed by atoms with Gasteiger partial charge in [-0.25, -0.2) is 0 Å². The number of carbonyl (C=O) groups excluding carboxylic acids is 1. The summed E-state index contributed by atoms with van der Waals surface area (Å²) in [6.45, 7) is 0. The highest BCUT2D eigenvalue weighted by Gasteiger charge is 2.34. The molecule has 0 spiro atoms. The van der Waals surface area contributed by atoms with Crippen LogP contribution in [0.2, 0.25) is 0 Å². The number of carbonyl (C=O) groups is 1. The molecule has 0 aliphatic rings. The second kappa shape index (κ2) is 3.63. The summed E-state index contributed by atoms with van der Waals surface area (Å²) in [5, 5.41) is 9.00. The molecule has 0 atom stereocenters. The Morgan fingerprint density at radius 2 is 2.06 bits per heavy atom. The zero-order valence-corrected chi connectivity index (χ0v) is 8.30. The van der Waals surface area contributed by atoms with Crippen molar-refractivity contribution in [3.8, 4) is 6.07 Å². The van der Waals surface area contributed by atoms with E-state index in [9.17, 15) is 18.0 Å². The maximum atomic E-state index is 12.6. The maximum absolute atomic E-state index is 12.6. The fourth-order valence-corrected chi connectivity index (χ4v) is 1.62. The molecular formula is C11H5F3N2O. The number of aldehydes is 1. The van der Waals surface area contributed by atoms with Gasteiger partial charge in [0.1, 0.15) is 0 Å². The standard InChI is InChI=1S/C11H5F3N2O/c12-11(13,14)9-2-10-8(1-6(9)3-15)7(5-17)4-16-10/h1-2,4-5,16H. The van der Waals surface area contributed by atoms with Gasteiger partial charge in [-0.05, 0) is 12.1 Å². The van der Waals surface area contributed by atoms with Crippen molar-refractivity contribution in [3.63, 3.8) is 0 Å². The summed E-state index contributed by atoms with van der Waals surface area (Å²) < 4.78 is 37.9. The Morgan fingerprint density at radius 3 is 2.59 bits per heavy atom. The van der Waals surface area contributed by atoms with Crippen LogP contribution in [0, 0.1) is 11.3 Å². The van der Waals surface area contributed by atoms with Crippen molar-refractivity contribution in [3.05, 3.63) is 35.0 Å². The van der Waals surface area contributed by atoms with Crippen molar-refractivity contribution in [1.82, 2.24) is 4.98 Å². The van der Waals surface area contributed by atoms with Crippen LogP contribution >= 0.6 is 0 Å². The number of nitrogens with zero attached hydrogens (tertiary/aromatic N) is 1. The predicted molar refractivity (Wildman–Crippen MR) is 53.4 cm³/mol. The first kappa shape index (κ1) is 11.2. The first-order chi connectivity index (χ1) is 7.97. The van der Waals surface area contributed by atoms with E-state index in [1.165, 1.54) is 12.3 Å². The Bertz CT molecular complexity index is 634. The second-order valence-corrected chi connectivity index (χ2v) is 3.41. The van der Waals surface area contributed by atoms with Crippen LogP contribution in [0.25, 0.3) is 10.9 Å². The fraction of sp³-hybridized carbons (Fsp3) is 0.0909. The number of halogens is 3. The van der Waals surface area contributed by atoms with Crippen LogP contribution in [-0.4, -0.2) is 11.3 Å². The van der Waals surface area contributed by atoms with Crippen LogP contribution in [0.5, 0.6) is 0 Å². The van der Waals surface area contributed by atoms with Gasteiger partial charge in [-0.2, -0.15) is 18.4 Å². The maximum Gasteiger partial charge on any atom is 0.417 e. The summed E-state index contributed by atoms with van der Waals surface area (Å²) in [4.78, 5) is 13.2. The molecule has 1 N–H and O–H groups in total. The van der Waals surface area contributed by atoms with Gasteiger partial charge in [0.2, 0.25) is 0 Å². The normalized spacial score (nSPS) is 11.4. The van der Waals surface area contributed by atoms with Crippen molar-refractivity contribution < 1.29 is 18.0 Å².